The van der Waals surface area contributed by atoms with Crippen LogP contribution in [0.25, 0.3) is 11.0 Å². The van der Waals surface area contributed by atoms with Crippen molar-refractivity contribution in [3.05, 3.63) is 65.3 Å². The van der Waals surface area contributed by atoms with Crippen LogP contribution >= 0.6 is 11.6 Å². The molecule has 2 N–H and O–H groups in total. The fourth-order valence-electron chi connectivity index (χ4n) is 3.52. The minimum atomic E-state index is -0.190. The van der Waals surface area contributed by atoms with Crippen LogP contribution in [0.1, 0.15) is 33.3 Å². The molecule has 170 valence electrons. The SMILES string of the molecule is CC(=O)Nc1cc(Oc2ccc3c(c2)nc(Nc2ccc(Cl)c(C(C)(C)C)c2)n3C)ccn1. The molecular formula is C25H26ClN5O2. The third-order valence-corrected chi connectivity index (χ3v) is 5.48. The van der Waals surface area contributed by atoms with E-state index in [1.165, 1.54) is 6.92 Å². The Bertz CT molecular complexity index is 1340. The van der Waals surface area contributed by atoms with E-state index in [0.29, 0.717) is 23.3 Å². The lowest BCUT2D eigenvalue weighted by atomic mass is 9.87. The van der Waals surface area contributed by atoms with E-state index in [9.17, 15) is 4.79 Å². The summed E-state index contributed by atoms with van der Waals surface area (Å²) < 4.78 is 7.96. The molecule has 2 aromatic heterocycles. The second-order valence-electron chi connectivity index (χ2n) is 8.87. The Kier molecular flexibility index (Phi) is 5.99. The standard InChI is InChI=1S/C25H26ClN5O2/c1-15(32)28-23-14-18(10-11-27-23)33-17-7-9-22-21(13-17)30-24(31(22)5)29-16-6-8-20(26)19(12-16)25(2,3)4/h6-14H,1-5H3,(H,29,30)(H,27,28,32). The second-order valence-corrected chi connectivity index (χ2v) is 9.28. The van der Waals surface area contributed by atoms with E-state index in [1.807, 2.05) is 41.9 Å². The third-order valence-electron chi connectivity index (χ3n) is 5.15. The highest BCUT2D eigenvalue weighted by atomic mass is 35.5. The van der Waals surface area contributed by atoms with E-state index >= 15 is 0 Å². The van der Waals surface area contributed by atoms with Gasteiger partial charge in [0, 0.05) is 43.0 Å². The van der Waals surface area contributed by atoms with Gasteiger partial charge in [-0.2, -0.15) is 0 Å². The monoisotopic (exact) mass is 463 g/mol. The maximum absolute atomic E-state index is 11.3. The van der Waals surface area contributed by atoms with Gasteiger partial charge >= 0.3 is 0 Å². The van der Waals surface area contributed by atoms with Gasteiger partial charge in [-0.1, -0.05) is 32.4 Å². The first-order valence-corrected chi connectivity index (χ1v) is 10.9. The third kappa shape index (κ3) is 5.09. The minimum absolute atomic E-state index is 0.0693. The number of aromatic nitrogens is 3. The molecule has 4 aromatic rings. The highest BCUT2D eigenvalue weighted by Gasteiger charge is 2.18. The molecule has 33 heavy (non-hydrogen) atoms. The molecule has 0 unspecified atom stereocenters. The Labute approximate surface area is 197 Å². The average molecular weight is 464 g/mol. The van der Waals surface area contributed by atoms with Gasteiger partial charge in [-0.15, -0.1) is 0 Å². The van der Waals surface area contributed by atoms with Crippen molar-refractivity contribution in [1.82, 2.24) is 14.5 Å². The van der Waals surface area contributed by atoms with Crippen molar-refractivity contribution in [3.8, 4) is 11.5 Å². The molecule has 7 nitrogen and oxygen atoms in total. The number of imidazole rings is 1. The largest absolute Gasteiger partial charge is 0.457 e. The molecule has 0 saturated heterocycles. The van der Waals surface area contributed by atoms with Gasteiger partial charge in [0.1, 0.15) is 17.3 Å². The number of pyridine rings is 1. The van der Waals surface area contributed by atoms with Crippen molar-refractivity contribution < 1.29 is 9.53 Å². The Hall–Kier alpha value is -3.58. The van der Waals surface area contributed by atoms with Crippen LogP contribution < -0.4 is 15.4 Å². The number of halogens is 1. The highest BCUT2D eigenvalue weighted by Crippen LogP contribution is 2.33. The number of anilines is 3. The highest BCUT2D eigenvalue weighted by molar-refractivity contribution is 6.31. The second kappa shape index (κ2) is 8.75. The maximum atomic E-state index is 11.3. The van der Waals surface area contributed by atoms with Gasteiger partial charge in [0.25, 0.3) is 0 Å². The number of aryl methyl sites for hydroxylation is 1. The summed E-state index contributed by atoms with van der Waals surface area (Å²) in [4.78, 5) is 20.1. The number of hydrogen-bond acceptors (Lipinski definition) is 5. The van der Waals surface area contributed by atoms with Gasteiger partial charge < -0.3 is 19.9 Å². The summed E-state index contributed by atoms with van der Waals surface area (Å²) in [7, 11) is 1.96. The molecule has 0 aliphatic heterocycles. The lowest BCUT2D eigenvalue weighted by Crippen LogP contribution is -2.12. The van der Waals surface area contributed by atoms with Crippen molar-refractivity contribution in [2.75, 3.05) is 10.6 Å². The zero-order valence-corrected chi connectivity index (χ0v) is 20.0. The Morgan fingerprint density at radius 1 is 1.06 bits per heavy atom. The molecule has 0 spiro atoms. The number of nitrogens with zero attached hydrogens (tertiary/aromatic N) is 3. The van der Waals surface area contributed by atoms with Crippen LogP contribution in [-0.2, 0) is 17.3 Å². The first-order chi connectivity index (χ1) is 15.6. The molecule has 8 heteroatoms. The summed E-state index contributed by atoms with van der Waals surface area (Å²) in [6.07, 6.45) is 1.58. The van der Waals surface area contributed by atoms with Crippen molar-refractivity contribution in [1.29, 1.82) is 0 Å². The van der Waals surface area contributed by atoms with E-state index in [0.717, 1.165) is 27.3 Å². The topological polar surface area (TPSA) is 81.1 Å². The van der Waals surface area contributed by atoms with Gasteiger partial charge in [0.2, 0.25) is 11.9 Å². The number of fused-ring (bicyclic) bond motifs is 1. The first kappa shape index (κ1) is 22.6. The van der Waals surface area contributed by atoms with E-state index in [2.05, 4.69) is 42.5 Å². The molecule has 2 aromatic carbocycles. The summed E-state index contributed by atoms with van der Waals surface area (Å²) in [5.41, 5.74) is 3.67. The molecule has 0 aliphatic carbocycles. The maximum Gasteiger partial charge on any atom is 0.222 e. The fourth-order valence-corrected chi connectivity index (χ4v) is 3.92. The zero-order valence-electron chi connectivity index (χ0n) is 19.2. The van der Waals surface area contributed by atoms with Crippen LogP contribution in [0, 0.1) is 0 Å². The summed E-state index contributed by atoms with van der Waals surface area (Å²) in [5, 5.41) is 6.80. The van der Waals surface area contributed by atoms with Crippen LogP contribution in [0.4, 0.5) is 17.5 Å². The van der Waals surface area contributed by atoms with E-state index in [4.69, 9.17) is 21.3 Å². The molecule has 2 heterocycles. The number of nitrogens with one attached hydrogen (secondary N) is 2. The number of carbonyl (C=O) groups excluding carboxylic acids is 1. The predicted octanol–water partition coefficient (Wildman–Crippen LogP) is 6.41. The number of hydrogen-bond donors (Lipinski definition) is 2. The lowest BCUT2D eigenvalue weighted by molar-refractivity contribution is -0.114. The molecule has 0 radical (unpaired) electrons. The van der Waals surface area contributed by atoms with Crippen LogP contribution in [0.15, 0.2) is 54.7 Å². The number of rotatable bonds is 5. The summed E-state index contributed by atoms with van der Waals surface area (Å²) in [6.45, 7) is 7.84. The summed E-state index contributed by atoms with van der Waals surface area (Å²) in [5.74, 6) is 2.15. The molecule has 1 amide bonds. The van der Waals surface area contributed by atoms with Crippen molar-refractivity contribution in [3.63, 3.8) is 0 Å². The number of benzene rings is 2. The summed E-state index contributed by atoms with van der Waals surface area (Å²) in [6, 6.07) is 15.0. The Morgan fingerprint density at radius 3 is 2.55 bits per heavy atom. The lowest BCUT2D eigenvalue weighted by Gasteiger charge is -2.21. The van der Waals surface area contributed by atoms with Gasteiger partial charge in [-0.3, -0.25) is 4.79 Å². The molecule has 0 fully saturated rings. The number of ether oxygens (including phenoxy) is 1. The van der Waals surface area contributed by atoms with Gasteiger partial charge in [0.05, 0.1) is 11.0 Å². The van der Waals surface area contributed by atoms with Crippen LogP contribution in [0.3, 0.4) is 0 Å². The van der Waals surface area contributed by atoms with E-state index in [-0.39, 0.29) is 11.3 Å². The van der Waals surface area contributed by atoms with Crippen LogP contribution in [0.2, 0.25) is 5.02 Å². The number of amides is 1. The molecule has 0 bridgehead atoms. The van der Waals surface area contributed by atoms with Gasteiger partial charge in [0.15, 0.2) is 0 Å². The predicted molar refractivity (Wildman–Crippen MR) is 133 cm³/mol. The van der Waals surface area contributed by atoms with Crippen LogP contribution in [0.5, 0.6) is 11.5 Å². The van der Waals surface area contributed by atoms with Crippen molar-refractivity contribution in [2.45, 2.75) is 33.1 Å². The van der Waals surface area contributed by atoms with E-state index < -0.39 is 0 Å². The zero-order chi connectivity index (χ0) is 23.8. The van der Waals surface area contributed by atoms with E-state index in [1.54, 1.807) is 18.3 Å². The first-order valence-electron chi connectivity index (χ1n) is 10.6. The molecular weight excluding hydrogens is 438 g/mol. The Morgan fingerprint density at radius 2 is 1.82 bits per heavy atom. The fraction of sp³-hybridized carbons (Fsp3) is 0.240. The molecule has 0 saturated carbocycles. The minimum Gasteiger partial charge on any atom is -0.457 e. The average Bonchev–Trinajstić information content (AvgIpc) is 3.03. The summed E-state index contributed by atoms with van der Waals surface area (Å²) >= 11 is 6.41. The van der Waals surface area contributed by atoms with Crippen molar-refractivity contribution >= 4 is 46.0 Å². The molecule has 0 aliphatic rings. The smallest absolute Gasteiger partial charge is 0.222 e. The number of carbonyl (C=O) groups is 1. The van der Waals surface area contributed by atoms with Crippen LogP contribution in [-0.4, -0.2) is 20.4 Å². The quantitative estimate of drug-likeness (QED) is 0.357. The molecule has 0 atom stereocenters. The van der Waals surface area contributed by atoms with Crippen molar-refractivity contribution in [2.24, 2.45) is 7.05 Å². The normalized spacial score (nSPS) is 11.5. The van der Waals surface area contributed by atoms with Gasteiger partial charge in [-0.05, 0) is 47.4 Å². The Balaban J connectivity index is 1.59. The van der Waals surface area contributed by atoms with Gasteiger partial charge in [-0.25, -0.2) is 9.97 Å². The molecule has 4 rings (SSSR count).